The highest BCUT2D eigenvalue weighted by atomic mass is 16.6. The summed E-state index contributed by atoms with van der Waals surface area (Å²) in [6.07, 6.45) is 7.72. The van der Waals surface area contributed by atoms with Gasteiger partial charge in [0.15, 0.2) is 0 Å². The van der Waals surface area contributed by atoms with Crippen LogP contribution in [0.3, 0.4) is 0 Å². The van der Waals surface area contributed by atoms with Crippen LogP contribution < -0.4 is 9.64 Å². The van der Waals surface area contributed by atoms with Gasteiger partial charge in [0.25, 0.3) is 0 Å². The zero-order valence-electron chi connectivity index (χ0n) is 17.7. The Bertz CT molecular complexity index is 890. The summed E-state index contributed by atoms with van der Waals surface area (Å²) in [7, 11) is 0. The first-order valence-corrected chi connectivity index (χ1v) is 10.7. The number of hydrogen-bond donors (Lipinski definition) is 0. The molecule has 1 saturated heterocycles. The Balaban J connectivity index is 1.92. The number of carbonyl (C=O) groups is 1. The van der Waals surface area contributed by atoms with Gasteiger partial charge in [0.2, 0.25) is 0 Å². The molecule has 0 amide bonds. The summed E-state index contributed by atoms with van der Waals surface area (Å²) in [5.41, 5.74) is 2.53. The van der Waals surface area contributed by atoms with E-state index < -0.39 is 0 Å². The Morgan fingerprint density at radius 3 is 2.47 bits per heavy atom. The molecule has 0 aliphatic carbocycles. The van der Waals surface area contributed by atoms with Crippen LogP contribution in [0.4, 0.5) is 11.4 Å². The summed E-state index contributed by atoms with van der Waals surface area (Å²) in [6, 6.07) is 7.28. The van der Waals surface area contributed by atoms with Crippen LogP contribution in [0.5, 0.6) is 11.6 Å². The number of aryl methyl sites for hydroxylation is 2. The molecule has 30 heavy (non-hydrogen) atoms. The summed E-state index contributed by atoms with van der Waals surface area (Å²) < 4.78 is 5.87. The fourth-order valence-corrected chi connectivity index (χ4v) is 3.83. The summed E-state index contributed by atoms with van der Waals surface area (Å²) in [4.78, 5) is 29.3. The van der Waals surface area contributed by atoms with E-state index in [2.05, 4.69) is 16.8 Å². The number of ether oxygens (including phenoxy) is 1. The maximum atomic E-state index is 12.1. The lowest BCUT2D eigenvalue weighted by molar-refractivity contribution is -0.385. The van der Waals surface area contributed by atoms with Crippen LogP contribution in [0.1, 0.15) is 57.1 Å². The molecule has 1 fully saturated rings. The highest BCUT2D eigenvalue weighted by Crippen LogP contribution is 2.41. The first-order chi connectivity index (χ1) is 14.5. The molecular formula is C23H29N3O4. The second-order valence-electron chi connectivity index (χ2n) is 7.79. The number of benzene rings is 1. The third-order valence-electron chi connectivity index (χ3n) is 5.35. The normalized spacial score (nSPS) is 13.9. The third-order valence-corrected chi connectivity index (χ3v) is 5.35. The maximum absolute atomic E-state index is 12.1. The quantitative estimate of drug-likeness (QED) is 0.414. The van der Waals surface area contributed by atoms with E-state index in [1.54, 1.807) is 25.3 Å². The number of rotatable bonds is 9. The molecule has 0 spiro atoms. The van der Waals surface area contributed by atoms with Crippen molar-refractivity contribution in [1.82, 2.24) is 4.98 Å². The molecule has 1 aliphatic rings. The number of piperidine rings is 1. The van der Waals surface area contributed by atoms with Gasteiger partial charge in [0, 0.05) is 31.3 Å². The fourth-order valence-electron chi connectivity index (χ4n) is 3.83. The molecule has 1 aliphatic heterocycles. The zero-order chi connectivity index (χ0) is 21.5. The molecule has 0 bridgehead atoms. The summed E-state index contributed by atoms with van der Waals surface area (Å²) in [6.45, 7) is 5.26. The SMILES string of the molecule is CCCc1cnc(Oc2ccc(CCC(C)=O)cc2)c([N+](=O)[O-])c1N1CCCCC1. The molecule has 0 N–H and O–H groups in total. The van der Waals surface area contributed by atoms with Crippen molar-refractivity contribution in [3.05, 3.63) is 51.7 Å². The average Bonchev–Trinajstić information content (AvgIpc) is 2.74. The molecule has 7 heteroatoms. The van der Waals surface area contributed by atoms with E-state index in [1.807, 2.05) is 12.1 Å². The molecule has 0 unspecified atom stereocenters. The number of nitrogens with zero attached hydrogens (tertiary/aromatic N) is 3. The van der Waals surface area contributed by atoms with Crippen LogP contribution in [-0.4, -0.2) is 28.8 Å². The number of ketones is 1. The summed E-state index contributed by atoms with van der Waals surface area (Å²) in [5.74, 6) is 0.662. The van der Waals surface area contributed by atoms with Gasteiger partial charge in [-0.25, -0.2) is 4.98 Å². The van der Waals surface area contributed by atoms with Crippen molar-refractivity contribution in [3.63, 3.8) is 0 Å². The Morgan fingerprint density at radius 1 is 1.17 bits per heavy atom. The zero-order valence-corrected chi connectivity index (χ0v) is 17.7. The molecule has 160 valence electrons. The molecule has 0 atom stereocenters. The van der Waals surface area contributed by atoms with Gasteiger partial charge in [-0.3, -0.25) is 10.1 Å². The van der Waals surface area contributed by atoms with Crippen LogP contribution in [0.25, 0.3) is 0 Å². The summed E-state index contributed by atoms with van der Waals surface area (Å²) in [5, 5.41) is 12.1. The molecular weight excluding hydrogens is 382 g/mol. The minimum atomic E-state index is -0.368. The second-order valence-corrected chi connectivity index (χ2v) is 7.79. The minimum Gasteiger partial charge on any atom is -0.434 e. The molecule has 7 nitrogen and oxygen atoms in total. The number of carbonyl (C=O) groups excluding carboxylic acids is 1. The minimum absolute atomic E-state index is 0.0249. The fraction of sp³-hybridized carbons (Fsp3) is 0.478. The van der Waals surface area contributed by atoms with Gasteiger partial charge < -0.3 is 14.4 Å². The predicted octanol–water partition coefficient (Wildman–Crippen LogP) is 5.25. The average molecular weight is 412 g/mol. The molecule has 3 rings (SSSR count). The van der Waals surface area contributed by atoms with E-state index >= 15 is 0 Å². The maximum Gasteiger partial charge on any atom is 0.354 e. The van der Waals surface area contributed by atoms with Crippen molar-refractivity contribution in [2.75, 3.05) is 18.0 Å². The Morgan fingerprint density at radius 2 is 1.87 bits per heavy atom. The Kier molecular flexibility index (Phi) is 7.38. The monoisotopic (exact) mass is 411 g/mol. The van der Waals surface area contributed by atoms with Crippen LogP contribution in [0.15, 0.2) is 30.5 Å². The topological polar surface area (TPSA) is 85.6 Å². The lowest BCUT2D eigenvalue weighted by atomic mass is 10.0. The van der Waals surface area contributed by atoms with Crippen molar-refractivity contribution >= 4 is 17.2 Å². The summed E-state index contributed by atoms with van der Waals surface area (Å²) >= 11 is 0. The largest absolute Gasteiger partial charge is 0.434 e. The van der Waals surface area contributed by atoms with E-state index in [-0.39, 0.29) is 22.3 Å². The van der Waals surface area contributed by atoms with Crippen molar-refractivity contribution in [3.8, 4) is 11.6 Å². The lowest BCUT2D eigenvalue weighted by Gasteiger charge is -2.30. The van der Waals surface area contributed by atoms with E-state index in [0.29, 0.717) is 24.3 Å². The van der Waals surface area contributed by atoms with Crippen molar-refractivity contribution in [2.24, 2.45) is 0 Å². The lowest BCUT2D eigenvalue weighted by Crippen LogP contribution is -2.31. The molecule has 0 saturated carbocycles. The number of nitro groups is 1. The van der Waals surface area contributed by atoms with Gasteiger partial charge in [-0.05, 0) is 56.7 Å². The van der Waals surface area contributed by atoms with Gasteiger partial charge in [0.05, 0.1) is 4.92 Å². The Labute approximate surface area is 177 Å². The Hall–Kier alpha value is -2.96. The van der Waals surface area contributed by atoms with Crippen molar-refractivity contribution in [1.29, 1.82) is 0 Å². The second kappa shape index (κ2) is 10.2. The predicted molar refractivity (Wildman–Crippen MR) is 116 cm³/mol. The molecule has 0 radical (unpaired) electrons. The van der Waals surface area contributed by atoms with Gasteiger partial charge >= 0.3 is 11.6 Å². The number of aromatic nitrogens is 1. The van der Waals surface area contributed by atoms with E-state index in [9.17, 15) is 14.9 Å². The van der Waals surface area contributed by atoms with Gasteiger partial charge in [-0.2, -0.15) is 0 Å². The van der Waals surface area contributed by atoms with Crippen molar-refractivity contribution in [2.45, 2.75) is 58.8 Å². The first-order valence-electron chi connectivity index (χ1n) is 10.7. The van der Waals surface area contributed by atoms with Crippen LogP contribution >= 0.6 is 0 Å². The molecule has 2 aromatic rings. The van der Waals surface area contributed by atoms with E-state index in [1.165, 1.54) is 0 Å². The van der Waals surface area contributed by atoms with E-state index in [0.717, 1.165) is 56.3 Å². The smallest absolute Gasteiger partial charge is 0.354 e. The van der Waals surface area contributed by atoms with Crippen LogP contribution in [-0.2, 0) is 17.6 Å². The number of pyridine rings is 1. The third kappa shape index (κ3) is 5.34. The highest BCUT2D eigenvalue weighted by molar-refractivity contribution is 5.75. The first kappa shape index (κ1) is 21.7. The van der Waals surface area contributed by atoms with Gasteiger partial charge in [0.1, 0.15) is 17.2 Å². The van der Waals surface area contributed by atoms with Crippen LogP contribution in [0, 0.1) is 10.1 Å². The number of Topliss-reactive ketones (excluding diaryl/α,β-unsaturated/α-hetero) is 1. The number of hydrogen-bond acceptors (Lipinski definition) is 6. The number of anilines is 1. The standard InChI is InChI=1S/C23H29N3O4/c1-3-7-19-16-24-23(22(26(28)29)21(19)25-14-5-4-6-15-25)30-20-12-10-18(11-13-20)9-8-17(2)27/h10-13,16H,3-9,14-15H2,1-2H3. The molecule has 2 heterocycles. The van der Waals surface area contributed by atoms with Gasteiger partial charge in [-0.15, -0.1) is 0 Å². The molecule has 1 aromatic carbocycles. The van der Waals surface area contributed by atoms with Crippen molar-refractivity contribution < 1.29 is 14.5 Å². The van der Waals surface area contributed by atoms with Gasteiger partial charge in [-0.1, -0.05) is 25.5 Å². The highest BCUT2D eigenvalue weighted by Gasteiger charge is 2.30. The molecule has 1 aromatic heterocycles. The van der Waals surface area contributed by atoms with Crippen LogP contribution in [0.2, 0.25) is 0 Å². The van der Waals surface area contributed by atoms with E-state index in [4.69, 9.17) is 4.74 Å².